The zero-order chi connectivity index (χ0) is 10.1. The highest BCUT2D eigenvalue weighted by atomic mass is 32.2. The molecule has 0 aromatic carbocycles. The van der Waals surface area contributed by atoms with Crippen molar-refractivity contribution in [3.05, 3.63) is 0 Å². The minimum absolute atomic E-state index is 0.326. The molecule has 2 unspecified atom stereocenters. The van der Waals surface area contributed by atoms with E-state index in [1.54, 1.807) is 0 Å². The highest BCUT2D eigenvalue weighted by Gasteiger charge is 2.58. The van der Waals surface area contributed by atoms with E-state index in [9.17, 15) is 8.42 Å². The molecule has 0 aromatic rings. The quantitative estimate of drug-likeness (QED) is 0.676. The Bertz CT molecular complexity index is 273. The molecule has 0 bridgehead atoms. The van der Waals surface area contributed by atoms with Crippen molar-refractivity contribution in [2.75, 3.05) is 19.3 Å². The van der Waals surface area contributed by atoms with E-state index >= 15 is 0 Å². The summed E-state index contributed by atoms with van der Waals surface area (Å²) < 4.78 is 22.5. The Morgan fingerprint density at radius 1 is 1.54 bits per heavy atom. The molecule has 78 valence electrons. The number of nitrogens with one attached hydrogen (secondary N) is 1. The van der Waals surface area contributed by atoms with Crippen LogP contribution in [0, 0.1) is 5.92 Å². The summed E-state index contributed by atoms with van der Waals surface area (Å²) in [5, 5.41) is 3.20. The average Bonchev–Trinajstić information content (AvgIpc) is 2.62. The van der Waals surface area contributed by atoms with E-state index in [1.807, 2.05) is 6.92 Å². The molecule has 4 heteroatoms. The van der Waals surface area contributed by atoms with Gasteiger partial charge in [-0.15, -0.1) is 0 Å². The standard InChI is InChI=1S/C9H19NO2S/c1-4-5-10-7-9(6-8(9)2)13(3,11)12/h8,10H,4-7H2,1-3H3. The topological polar surface area (TPSA) is 46.2 Å². The van der Waals surface area contributed by atoms with Crippen LogP contribution in [0.15, 0.2) is 0 Å². The monoisotopic (exact) mass is 205 g/mol. The van der Waals surface area contributed by atoms with Gasteiger partial charge in [0.2, 0.25) is 0 Å². The van der Waals surface area contributed by atoms with Crippen molar-refractivity contribution in [2.45, 2.75) is 31.4 Å². The van der Waals surface area contributed by atoms with E-state index in [0.717, 1.165) is 19.4 Å². The molecule has 0 aliphatic heterocycles. The molecule has 0 spiro atoms. The highest BCUT2D eigenvalue weighted by molar-refractivity contribution is 7.92. The molecule has 2 atom stereocenters. The van der Waals surface area contributed by atoms with E-state index in [4.69, 9.17) is 0 Å². The molecular weight excluding hydrogens is 186 g/mol. The second kappa shape index (κ2) is 3.58. The first kappa shape index (κ1) is 11.0. The first-order chi connectivity index (χ1) is 5.94. The van der Waals surface area contributed by atoms with Crippen LogP contribution in [0.25, 0.3) is 0 Å². The largest absolute Gasteiger partial charge is 0.315 e. The van der Waals surface area contributed by atoms with Crippen LogP contribution in [-0.4, -0.2) is 32.5 Å². The smallest absolute Gasteiger partial charge is 0.154 e. The molecule has 1 aliphatic rings. The fourth-order valence-electron chi connectivity index (χ4n) is 1.83. The summed E-state index contributed by atoms with van der Waals surface area (Å²) in [7, 11) is -2.88. The van der Waals surface area contributed by atoms with Gasteiger partial charge in [-0.1, -0.05) is 13.8 Å². The van der Waals surface area contributed by atoms with Crippen LogP contribution in [0.3, 0.4) is 0 Å². The van der Waals surface area contributed by atoms with Gasteiger partial charge in [-0.2, -0.15) is 0 Å². The van der Waals surface area contributed by atoms with Gasteiger partial charge >= 0.3 is 0 Å². The van der Waals surface area contributed by atoms with Crippen LogP contribution in [0.1, 0.15) is 26.7 Å². The Morgan fingerprint density at radius 2 is 2.08 bits per heavy atom. The summed E-state index contributed by atoms with van der Waals surface area (Å²) in [6, 6.07) is 0. The lowest BCUT2D eigenvalue weighted by atomic mass is 10.3. The van der Waals surface area contributed by atoms with Crippen LogP contribution >= 0.6 is 0 Å². The third-order valence-corrected chi connectivity index (χ3v) is 5.17. The summed E-state index contributed by atoms with van der Waals surface area (Å²) in [6.45, 7) is 5.62. The van der Waals surface area contributed by atoms with Gasteiger partial charge in [-0.05, 0) is 25.3 Å². The predicted octanol–water partition coefficient (Wildman–Crippen LogP) is 0.809. The van der Waals surface area contributed by atoms with Crippen molar-refractivity contribution in [2.24, 2.45) is 5.92 Å². The van der Waals surface area contributed by atoms with Gasteiger partial charge < -0.3 is 5.32 Å². The predicted molar refractivity (Wildman–Crippen MR) is 54.5 cm³/mol. The number of hydrogen-bond acceptors (Lipinski definition) is 3. The molecule has 0 aromatic heterocycles. The molecule has 1 aliphatic carbocycles. The Labute approximate surface area is 80.8 Å². The summed E-state index contributed by atoms with van der Waals surface area (Å²) in [4.78, 5) is 0. The van der Waals surface area contributed by atoms with Crippen molar-refractivity contribution in [3.8, 4) is 0 Å². The SMILES string of the molecule is CCCNCC1(S(C)(=O)=O)CC1C. The first-order valence-corrected chi connectivity index (χ1v) is 6.73. The van der Waals surface area contributed by atoms with Gasteiger partial charge in [0, 0.05) is 12.8 Å². The third-order valence-electron chi connectivity index (χ3n) is 2.98. The molecule has 0 saturated heterocycles. The molecular formula is C9H19NO2S. The van der Waals surface area contributed by atoms with Gasteiger partial charge in [0.25, 0.3) is 0 Å². The molecule has 1 saturated carbocycles. The molecule has 1 fully saturated rings. The number of hydrogen-bond donors (Lipinski definition) is 1. The minimum atomic E-state index is -2.88. The lowest BCUT2D eigenvalue weighted by Crippen LogP contribution is -2.36. The zero-order valence-electron chi connectivity index (χ0n) is 8.63. The molecule has 13 heavy (non-hydrogen) atoms. The second-order valence-corrected chi connectivity index (χ2v) is 6.48. The van der Waals surface area contributed by atoms with Gasteiger partial charge in [0.1, 0.15) is 0 Å². The van der Waals surface area contributed by atoms with E-state index in [-0.39, 0.29) is 0 Å². The zero-order valence-corrected chi connectivity index (χ0v) is 9.45. The Kier molecular flexibility index (Phi) is 3.02. The van der Waals surface area contributed by atoms with Crippen molar-refractivity contribution >= 4 is 9.84 Å². The van der Waals surface area contributed by atoms with Crippen molar-refractivity contribution in [1.82, 2.24) is 5.32 Å². The maximum Gasteiger partial charge on any atom is 0.154 e. The van der Waals surface area contributed by atoms with Crippen molar-refractivity contribution in [1.29, 1.82) is 0 Å². The normalized spacial score (nSPS) is 33.3. The first-order valence-electron chi connectivity index (χ1n) is 4.84. The highest BCUT2D eigenvalue weighted by Crippen LogP contribution is 2.48. The Balaban J connectivity index is 2.54. The summed E-state index contributed by atoms with van der Waals surface area (Å²) in [5.74, 6) is 0.326. The maximum absolute atomic E-state index is 11.5. The van der Waals surface area contributed by atoms with Gasteiger partial charge in [0.05, 0.1) is 4.75 Å². The van der Waals surface area contributed by atoms with Crippen LogP contribution in [-0.2, 0) is 9.84 Å². The molecule has 0 heterocycles. The van der Waals surface area contributed by atoms with E-state index in [1.165, 1.54) is 6.26 Å². The lowest BCUT2D eigenvalue weighted by Gasteiger charge is -2.14. The third kappa shape index (κ3) is 2.05. The Morgan fingerprint density at radius 3 is 2.38 bits per heavy atom. The van der Waals surface area contributed by atoms with Crippen LogP contribution in [0.2, 0.25) is 0 Å². The van der Waals surface area contributed by atoms with Crippen LogP contribution < -0.4 is 5.32 Å². The number of sulfone groups is 1. The average molecular weight is 205 g/mol. The minimum Gasteiger partial charge on any atom is -0.315 e. The summed E-state index contributed by atoms with van der Waals surface area (Å²) >= 11 is 0. The van der Waals surface area contributed by atoms with E-state index in [2.05, 4.69) is 12.2 Å². The fourth-order valence-corrected chi connectivity index (χ4v) is 3.48. The second-order valence-electron chi connectivity index (χ2n) is 4.12. The van der Waals surface area contributed by atoms with Crippen LogP contribution in [0.5, 0.6) is 0 Å². The maximum atomic E-state index is 11.5. The summed E-state index contributed by atoms with van der Waals surface area (Å²) in [5.41, 5.74) is 0. The fraction of sp³-hybridized carbons (Fsp3) is 1.00. The summed E-state index contributed by atoms with van der Waals surface area (Å²) in [6.07, 6.45) is 3.22. The van der Waals surface area contributed by atoms with Gasteiger partial charge in [-0.3, -0.25) is 0 Å². The number of rotatable bonds is 5. The molecule has 0 radical (unpaired) electrons. The van der Waals surface area contributed by atoms with Gasteiger partial charge in [-0.25, -0.2) is 8.42 Å². The molecule has 3 nitrogen and oxygen atoms in total. The molecule has 1 rings (SSSR count). The van der Waals surface area contributed by atoms with E-state index < -0.39 is 14.6 Å². The Hall–Kier alpha value is -0.0900. The van der Waals surface area contributed by atoms with Crippen molar-refractivity contribution < 1.29 is 8.42 Å². The lowest BCUT2D eigenvalue weighted by molar-refractivity contribution is 0.554. The molecule has 0 amide bonds. The van der Waals surface area contributed by atoms with Gasteiger partial charge in [0.15, 0.2) is 9.84 Å². The van der Waals surface area contributed by atoms with Crippen molar-refractivity contribution in [3.63, 3.8) is 0 Å². The molecule has 1 N–H and O–H groups in total. The van der Waals surface area contributed by atoms with Crippen LogP contribution in [0.4, 0.5) is 0 Å². The van der Waals surface area contributed by atoms with E-state index in [0.29, 0.717) is 12.5 Å².